The van der Waals surface area contributed by atoms with Gasteiger partial charge < -0.3 is 10.2 Å². The Kier molecular flexibility index (Phi) is 3.67. The number of pyridine rings is 1. The first-order valence-electron chi connectivity index (χ1n) is 7.81. The molecule has 5 heteroatoms. The van der Waals surface area contributed by atoms with Crippen molar-refractivity contribution in [1.29, 1.82) is 0 Å². The zero-order valence-electron chi connectivity index (χ0n) is 13.2. The normalized spacial score (nSPS) is 11.4. The van der Waals surface area contributed by atoms with Gasteiger partial charge in [-0.15, -0.1) is 0 Å². The van der Waals surface area contributed by atoms with Gasteiger partial charge in [-0.2, -0.15) is 0 Å². The van der Waals surface area contributed by atoms with Crippen LogP contribution in [0.2, 0.25) is 0 Å². The number of para-hydroxylation sites is 2. The number of hydrogen-bond acceptors (Lipinski definition) is 4. The molecule has 0 aliphatic heterocycles. The topological polar surface area (TPSA) is 70.1 Å². The highest BCUT2D eigenvalue weighted by atomic mass is 16.3. The third-order valence-electron chi connectivity index (χ3n) is 3.93. The highest BCUT2D eigenvalue weighted by Gasteiger charge is 2.15. The van der Waals surface area contributed by atoms with Gasteiger partial charge in [0.1, 0.15) is 22.8 Å². The number of phenolic OH excluding ortho intramolecular Hbond substituents is 2. The van der Waals surface area contributed by atoms with Crippen LogP contribution in [0, 0.1) is 0 Å². The van der Waals surface area contributed by atoms with Crippen LogP contribution in [0.4, 0.5) is 5.82 Å². The molecule has 2 aromatic heterocycles. The lowest BCUT2D eigenvalue weighted by Gasteiger charge is -2.03. The van der Waals surface area contributed by atoms with Crippen molar-refractivity contribution in [3.05, 3.63) is 78.5 Å². The SMILES string of the molecule is Oc1ccccc1/C=N/c1c(-c2ccccc2O)nc2ccccn12. The van der Waals surface area contributed by atoms with Crippen LogP contribution in [0.3, 0.4) is 0 Å². The summed E-state index contributed by atoms with van der Waals surface area (Å²) >= 11 is 0. The van der Waals surface area contributed by atoms with E-state index in [4.69, 9.17) is 0 Å². The molecule has 25 heavy (non-hydrogen) atoms. The average molecular weight is 329 g/mol. The van der Waals surface area contributed by atoms with Crippen LogP contribution in [-0.2, 0) is 0 Å². The van der Waals surface area contributed by atoms with E-state index in [1.165, 1.54) is 0 Å². The summed E-state index contributed by atoms with van der Waals surface area (Å²) < 4.78 is 1.85. The predicted molar refractivity (Wildman–Crippen MR) is 97.7 cm³/mol. The van der Waals surface area contributed by atoms with Crippen LogP contribution >= 0.6 is 0 Å². The van der Waals surface area contributed by atoms with Crippen molar-refractivity contribution >= 4 is 17.7 Å². The lowest BCUT2D eigenvalue weighted by Crippen LogP contribution is -1.85. The summed E-state index contributed by atoms with van der Waals surface area (Å²) in [4.78, 5) is 9.15. The molecule has 4 aromatic rings. The van der Waals surface area contributed by atoms with Crippen molar-refractivity contribution in [1.82, 2.24) is 9.38 Å². The van der Waals surface area contributed by atoms with E-state index < -0.39 is 0 Å². The summed E-state index contributed by atoms with van der Waals surface area (Å²) in [5.41, 5.74) is 2.52. The summed E-state index contributed by atoms with van der Waals surface area (Å²) in [7, 11) is 0. The number of aliphatic imine (C=N–C) groups is 1. The standard InChI is InChI=1S/C20H15N3O2/c24-16-9-3-1-7-14(16)13-21-20-19(15-8-2-4-10-17(15)25)22-18-11-5-6-12-23(18)20/h1-13,24-25H/b21-13+. The number of imidazole rings is 1. The predicted octanol–water partition coefficient (Wildman–Crippen LogP) is 4.16. The number of aromatic hydroxyl groups is 2. The summed E-state index contributed by atoms with van der Waals surface area (Å²) in [5.74, 6) is 0.884. The van der Waals surface area contributed by atoms with Crippen LogP contribution < -0.4 is 0 Å². The quantitative estimate of drug-likeness (QED) is 0.554. The zero-order valence-corrected chi connectivity index (χ0v) is 13.2. The summed E-state index contributed by atoms with van der Waals surface area (Å²) in [6, 6.07) is 19.7. The molecule has 0 aliphatic carbocycles. The van der Waals surface area contributed by atoms with Gasteiger partial charge in [0, 0.05) is 23.5 Å². The molecule has 0 saturated heterocycles. The van der Waals surface area contributed by atoms with Gasteiger partial charge in [0.25, 0.3) is 0 Å². The van der Waals surface area contributed by atoms with E-state index in [0.717, 1.165) is 5.65 Å². The zero-order chi connectivity index (χ0) is 17.2. The van der Waals surface area contributed by atoms with Crippen molar-refractivity contribution in [2.75, 3.05) is 0 Å². The Hall–Kier alpha value is -3.60. The largest absolute Gasteiger partial charge is 0.507 e. The molecule has 0 fully saturated rings. The van der Waals surface area contributed by atoms with Gasteiger partial charge in [-0.3, -0.25) is 4.40 Å². The Labute approximate surface area is 144 Å². The van der Waals surface area contributed by atoms with Crippen molar-refractivity contribution in [3.63, 3.8) is 0 Å². The molecular formula is C20H15N3O2. The lowest BCUT2D eigenvalue weighted by atomic mass is 10.1. The number of aromatic nitrogens is 2. The fourth-order valence-corrected chi connectivity index (χ4v) is 2.69. The van der Waals surface area contributed by atoms with Crippen molar-refractivity contribution in [2.45, 2.75) is 0 Å². The first kappa shape index (κ1) is 15.0. The molecule has 5 nitrogen and oxygen atoms in total. The molecule has 0 radical (unpaired) electrons. The van der Waals surface area contributed by atoms with E-state index in [2.05, 4.69) is 9.98 Å². The van der Waals surface area contributed by atoms with Gasteiger partial charge >= 0.3 is 0 Å². The molecule has 122 valence electrons. The molecule has 2 aromatic carbocycles. The van der Waals surface area contributed by atoms with Gasteiger partial charge in [0.15, 0.2) is 5.82 Å². The van der Waals surface area contributed by atoms with Crippen molar-refractivity contribution < 1.29 is 10.2 Å². The first-order chi connectivity index (χ1) is 12.2. The number of hydrogen-bond donors (Lipinski definition) is 2. The number of fused-ring (bicyclic) bond motifs is 1. The Morgan fingerprint density at radius 1 is 0.840 bits per heavy atom. The van der Waals surface area contributed by atoms with Crippen LogP contribution in [0.5, 0.6) is 11.5 Å². The molecule has 0 atom stereocenters. The Balaban J connectivity index is 1.91. The van der Waals surface area contributed by atoms with Crippen LogP contribution in [0.15, 0.2) is 77.9 Å². The molecule has 0 saturated carbocycles. The molecule has 4 rings (SSSR count). The highest BCUT2D eigenvalue weighted by Crippen LogP contribution is 2.36. The van der Waals surface area contributed by atoms with E-state index >= 15 is 0 Å². The number of phenols is 2. The van der Waals surface area contributed by atoms with E-state index in [0.29, 0.717) is 22.6 Å². The number of benzene rings is 2. The van der Waals surface area contributed by atoms with Crippen LogP contribution in [0.25, 0.3) is 16.9 Å². The van der Waals surface area contributed by atoms with Crippen molar-refractivity contribution in [2.24, 2.45) is 4.99 Å². The fraction of sp³-hybridized carbons (Fsp3) is 0. The second kappa shape index (κ2) is 6.13. The van der Waals surface area contributed by atoms with Crippen LogP contribution in [-0.4, -0.2) is 25.8 Å². The van der Waals surface area contributed by atoms with Crippen LogP contribution in [0.1, 0.15) is 5.56 Å². The minimum absolute atomic E-state index is 0.143. The maximum Gasteiger partial charge on any atom is 0.165 e. The van der Waals surface area contributed by atoms with Gasteiger partial charge in [0.2, 0.25) is 0 Å². The van der Waals surface area contributed by atoms with Crippen molar-refractivity contribution in [3.8, 4) is 22.8 Å². The van der Waals surface area contributed by atoms with E-state index in [-0.39, 0.29) is 11.5 Å². The Morgan fingerprint density at radius 3 is 2.36 bits per heavy atom. The lowest BCUT2D eigenvalue weighted by molar-refractivity contribution is 0.474. The smallest absolute Gasteiger partial charge is 0.165 e. The molecular weight excluding hydrogens is 314 g/mol. The average Bonchev–Trinajstić information content (AvgIpc) is 3.00. The molecule has 0 aliphatic rings. The second-order valence-corrected chi connectivity index (χ2v) is 5.55. The maximum atomic E-state index is 10.2. The van der Waals surface area contributed by atoms with Gasteiger partial charge in [-0.05, 0) is 36.4 Å². The summed E-state index contributed by atoms with van der Waals surface area (Å²) in [6.07, 6.45) is 3.46. The fourth-order valence-electron chi connectivity index (χ4n) is 2.69. The molecule has 0 spiro atoms. The minimum Gasteiger partial charge on any atom is -0.507 e. The minimum atomic E-state index is 0.143. The maximum absolute atomic E-state index is 10.2. The monoisotopic (exact) mass is 329 g/mol. The van der Waals surface area contributed by atoms with Gasteiger partial charge in [0.05, 0.1) is 0 Å². The van der Waals surface area contributed by atoms with E-state index in [1.54, 1.807) is 42.6 Å². The van der Waals surface area contributed by atoms with E-state index in [9.17, 15) is 10.2 Å². The Bertz CT molecular complexity index is 1080. The summed E-state index contributed by atoms with van der Waals surface area (Å²) in [5, 5.41) is 20.1. The third kappa shape index (κ3) is 2.72. The van der Waals surface area contributed by atoms with Gasteiger partial charge in [-0.25, -0.2) is 9.98 Å². The van der Waals surface area contributed by atoms with Gasteiger partial charge in [-0.1, -0.05) is 30.3 Å². The molecule has 2 heterocycles. The second-order valence-electron chi connectivity index (χ2n) is 5.55. The molecule has 0 amide bonds. The summed E-state index contributed by atoms with van der Waals surface area (Å²) in [6.45, 7) is 0. The van der Waals surface area contributed by atoms with E-state index in [1.807, 2.05) is 40.9 Å². The molecule has 0 unspecified atom stereocenters. The number of rotatable bonds is 3. The third-order valence-corrected chi connectivity index (χ3v) is 3.93. The molecule has 0 bridgehead atoms. The number of nitrogens with zero attached hydrogens (tertiary/aromatic N) is 3. The Morgan fingerprint density at radius 2 is 1.56 bits per heavy atom. The highest BCUT2D eigenvalue weighted by molar-refractivity contribution is 5.88. The first-order valence-corrected chi connectivity index (χ1v) is 7.81. The molecule has 2 N–H and O–H groups in total.